The summed E-state index contributed by atoms with van der Waals surface area (Å²) in [7, 11) is 1.66. The number of thioether (sulfide) groups is 1. The molecule has 0 saturated heterocycles. The summed E-state index contributed by atoms with van der Waals surface area (Å²) in [6, 6.07) is 5.52. The first-order chi connectivity index (χ1) is 16.0. The molecule has 4 aromatic heterocycles. The van der Waals surface area contributed by atoms with Gasteiger partial charge in [-0.15, -0.1) is 17.9 Å². The Morgan fingerprint density at radius 3 is 2.88 bits per heavy atom. The van der Waals surface area contributed by atoms with Crippen LogP contribution in [0, 0.1) is 13.8 Å². The summed E-state index contributed by atoms with van der Waals surface area (Å²) < 4.78 is 14.3. The van der Waals surface area contributed by atoms with E-state index < -0.39 is 0 Å². The van der Waals surface area contributed by atoms with Crippen LogP contribution < -0.4 is 5.56 Å². The Labute approximate surface area is 199 Å². The third-order valence-electron chi connectivity index (χ3n) is 5.48. The molecule has 172 valence electrons. The lowest BCUT2D eigenvalue weighted by Crippen LogP contribution is -2.23. The van der Waals surface area contributed by atoms with E-state index in [4.69, 9.17) is 14.1 Å². The molecule has 0 spiro atoms. The number of thiophene rings is 1. The Bertz CT molecular complexity index is 1360. The Kier molecular flexibility index (Phi) is 7.02. The van der Waals surface area contributed by atoms with Crippen LogP contribution in [0.5, 0.6) is 0 Å². The number of rotatable bonds is 10. The Hall–Kier alpha value is -2.88. The number of carbonyl (C=O) groups is 1. The average Bonchev–Trinajstić information content (AvgIpc) is 3.53. The number of fused-ring (bicyclic) bond motifs is 1. The first-order valence-electron chi connectivity index (χ1n) is 10.4. The van der Waals surface area contributed by atoms with Gasteiger partial charge in [0.25, 0.3) is 5.56 Å². The normalized spacial score (nSPS) is 11.4. The van der Waals surface area contributed by atoms with Crippen molar-refractivity contribution < 1.29 is 13.9 Å². The second kappa shape index (κ2) is 9.94. The molecule has 4 rings (SSSR count). The van der Waals surface area contributed by atoms with Gasteiger partial charge in [0.1, 0.15) is 10.6 Å². The predicted octanol–water partition coefficient (Wildman–Crippen LogP) is 4.94. The molecule has 33 heavy (non-hydrogen) atoms. The van der Waals surface area contributed by atoms with Crippen LogP contribution in [-0.4, -0.2) is 39.4 Å². The predicted molar refractivity (Wildman–Crippen MR) is 133 cm³/mol. The first-order valence-corrected chi connectivity index (χ1v) is 12.3. The minimum absolute atomic E-state index is 0.00119. The second-order valence-electron chi connectivity index (χ2n) is 7.55. The lowest BCUT2D eigenvalue weighted by molar-refractivity contribution is 0.102. The Morgan fingerprint density at radius 2 is 2.18 bits per heavy atom. The molecule has 9 heteroatoms. The van der Waals surface area contributed by atoms with Crippen LogP contribution in [0.25, 0.3) is 21.5 Å². The van der Waals surface area contributed by atoms with Crippen molar-refractivity contribution in [2.24, 2.45) is 0 Å². The number of carbonyl (C=O) groups excluding carboxylic acids is 1. The highest BCUT2D eigenvalue weighted by Gasteiger charge is 2.20. The van der Waals surface area contributed by atoms with Crippen molar-refractivity contribution in [2.75, 3.05) is 19.5 Å². The molecular weight excluding hydrogens is 458 g/mol. The van der Waals surface area contributed by atoms with Crippen LogP contribution in [0.3, 0.4) is 0 Å². The fourth-order valence-corrected chi connectivity index (χ4v) is 5.70. The van der Waals surface area contributed by atoms with E-state index in [0.717, 1.165) is 17.0 Å². The molecule has 0 aromatic carbocycles. The number of Topliss-reactive ketones (excluding diaryl/α,β-unsaturated/α-hetero) is 1. The lowest BCUT2D eigenvalue weighted by atomic mass is 10.2. The first kappa shape index (κ1) is 23.3. The van der Waals surface area contributed by atoms with Crippen LogP contribution in [0.4, 0.5) is 0 Å². The largest absolute Gasteiger partial charge is 0.464 e. The molecule has 0 aliphatic carbocycles. The molecule has 0 bridgehead atoms. The van der Waals surface area contributed by atoms with Gasteiger partial charge in [-0.05, 0) is 32.0 Å². The van der Waals surface area contributed by atoms with E-state index in [1.165, 1.54) is 23.1 Å². The van der Waals surface area contributed by atoms with Crippen LogP contribution >= 0.6 is 23.1 Å². The zero-order chi connectivity index (χ0) is 23.5. The zero-order valence-corrected chi connectivity index (χ0v) is 20.4. The molecular formula is C24H25N3O4S2. The minimum Gasteiger partial charge on any atom is -0.464 e. The molecule has 0 aliphatic rings. The molecule has 0 unspecified atom stereocenters. The maximum absolute atomic E-state index is 13.4. The molecule has 0 N–H and O–H groups in total. The van der Waals surface area contributed by atoms with Gasteiger partial charge < -0.3 is 13.7 Å². The lowest BCUT2D eigenvalue weighted by Gasteiger charge is -2.11. The maximum Gasteiger partial charge on any atom is 0.263 e. The summed E-state index contributed by atoms with van der Waals surface area (Å²) in [5.41, 5.74) is 3.19. The van der Waals surface area contributed by atoms with Crippen molar-refractivity contribution in [3.05, 3.63) is 69.8 Å². The molecule has 0 fully saturated rings. The summed E-state index contributed by atoms with van der Waals surface area (Å²) in [5.74, 6) is 0.809. The molecule has 7 nitrogen and oxygen atoms in total. The van der Waals surface area contributed by atoms with Crippen molar-refractivity contribution in [3.63, 3.8) is 0 Å². The van der Waals surface area contributed by atoms with Gasteiger partial charge >= 0.3 is 0 Å². The standard InChI is InChI=1S/C24H25N3O4S2/c1-5-8-27-23(29)21-18(20-7-6-10-31-20)13-32-22(21)25-24(27)33-14-19(28)17-12-15(2)26(16(17)3)9-11-30-4/h5-7,10,12-13H,1,8-9,11,14H2,2-4H3. The third kappa shape index (κ3) is 4.48. The minimum atomic E-state index is -0.166. The highest BCUT2D eigenvalue weighted by atomic mass is 32.2. The molecule has 0 saturated carbocycles. The number of aryl methyl sites for hydroxylation is 1. The summed E-state index contributed by atoms with van der Waals surface area (Å²) >= 11 is 2.66. The number of hydrogen-bond donors (Lipinski definition) is 0. The average molecular weight is 484 g/mol. The number of allylic oxidation sites excluding steroid dienone is 1. The number of ether oxygens (including phenoxy) is 1. The number of methoxy groups -OCH3 is 1. The van der Waals surface area contributed by atoms with Crippen molar-refractivity contribution in [3.8, 4) is 11.3 Å². The number of hydrogen-bond acceptors (Lipinski definition) is 7. The van der Waals surface area contributed by atoms with E-state index in [9.17, 15) is 9.59 Å². The van der Waals surface area contributed by atoms with Crippen LogP contribution in [0.2, 0.25) is 0 Å². The van der Waals surface area contributed by atoms with Gasteiger partial charge in [0, 0.05) is 48.1 Å². The number of nitrogens with zero attached hydrogens (tertiary/aromatic N) is 3. The van der Waals surface area contributed by atoms with Gasteiger partial charge in [0.2, 0.25) is 0 Å². The Morgan fingerprint density at radius 1 is 1.36 bits per heavy atom. The summed E-state index contributed by atoms with van der Waals surface area (Å²) in [6.45, 7) is 9.29. The summed E-state index contributed by atoms with van der Waals surface area (Å²) in [5, 5.41) is 2.90. The van der Waals surface area contributed by atoms with Crippen molar-refractivity contribution in [2.45, 2.75) is 32.1 Å². The van der Waals surface area contributed by atoms with Gasteiger partial charge in [0.05, 0.1) is 24.0 Å². The molecule has 0 atom stereocenters. The fraction of sp³-hybridized carbons (Fsp3) is 0.292. The van der Waals surface area contributed by atoms with Crippen LogP contribution in [-0.2, 0) is 17.8 Å². The zero-order valence-electron chi connectivity index (χ0n) is 18.8. The summed E-state index contributed by atoms with van der Waals surface area (Å²) in [4.78, 5) is 31.7. The number of aromatic nitrogens is 3. The number of furan rings is 1. The monoisotopic (exact) mass is 483 g/mol. The molecule has 4 aromatic rings. The molecule has 0 aliphatic heterocycles. The molecule has 0 amide bonds. The topological polar surface area (TPSA) is 79.3 Å². The van der Waals surface area contributed by atoms with E-state index >= 15 is 0 Å². The van der Waals surface area contributed by atoms with Crippen LogP contribution in [0.1, 0.15) is 21.7 Å². The van der Waals surface area contributed by atoms with Crippen molar-refractivity contribution in [1.82, 2.24) is 14.1 Å². The smallest absolute Gasteiger partial charge is 0.263 e. The van der Waals surface area contributed by atoms with Crippen molar-refractivity contribution in [1.29, 1.82) is 0 Å². The highest BCUT2D eigenvalue weighted by Crippen LogP contribution is 2.32. The SMILES string of the molecule is C=CCn1c(SCC(=O)c2cc(C)n(CCOC)c2C)nc2scc(-c3ccco3)c2c1=O. The third-order valence-corrected chi connectivity index (χ3v) is 7.33. The van der Waals surface area contributed by atoms with Crippen molar-refractivity contribution >= 4 is 39.1 Å². The summed E-state index contributed by atoms with van der Waals surface area (Å²) in [6.07, 6.45) is 3.24. The maximum atomic E-state index is 13.4. The quantitative estimate of drug-likeness (QED) is 0.138. The molecule has 0 radical (unpaired) electrons. The van der Waals surface area contributed by atoms with E-state index in [0.29, 0.717) is 46.4 Å². The fourth-order valence-electron chi connectivity index (χ4n) is 3.84. The highest BCUT2D eigenvalue weighted by molar-refractivity contribution is 7.99. The van der Waals surface area contributed by atoms with Crippen LogP contribution in [0.15, 0.2) is 56.9 Å². The van der Waals surface area contributed by atoms with E-state index in [1.54, 1.807) is 30.1 Å². The Balaban J connectivity index is 1.64. The van der Waals surface area contributed by atoms with Gasteiger partial charge in [-0.2, -0.15) is 0 Å². The second-order valence-corrected chi connectivity index (χ2v) is 9.35. The van der Waals surface area contributed by atoms with E-state index in [-0.39, 0.29) is 17.1 Å². The number of ketones is 1. The molecule has 4 heterocycles. The van der Waals surface area contributed by atoms with Gasteiger partial charge in [-0.25, -0.2) is 4.98 Å². The van der Waals surface area contributed by atoms with E-state index in [1.807, 2.05) is 31.4 Å². The van der Waals surface area contributed by atoms with Gasteiger partial charge in [-0.1, -0.05) is 17.8 Å². The van der Waals surface area contributed by atoms with Gasteiger partial charge in [-0.3, -0.25) is 14.2 Å². The van der Waals surface area contributed by atoms with E-state index in [2.05, 4.69) is 11.1 Å². The van der Waals surface area contributed by atoms with Gasteiger partial charge in [0.15, 0.2) is 10.9 Å².